The largest absolute Gasteiger partial charge is 0.508 e. The first-order chi connectivity index (χ1) is 13.9. The number of fused-ring (bicyclic) bond motifs is 1. The number of carbonyl (C=O) groups excluding carboxylic acids is 1. The Bertz CT molecular complexity index is 1280. The van der Waals surface area contributed by atoms with Gasteiger partial charge in [0.05, 0.1) is 10.1 Å². The van der Waals surface area contributed by atoms with Crippen LogP contribution in [0.15, 0.2) is 76.0 Å². The molecule has 0 unspecified atom stereocenters. The molecule has 0 aliphatic carbocycles. The summed E-state index contributed by atoms with van der Waals surface area (Å²) in [6, 6.07) is 17.4. The van der Waals surface area contributed by atoms with Crippen LogP contribution in [0.5, 0.6) is 17.4 Å². The summed E-state index contributed by atoms with van der Waals surface area (Å²) in [6.45, 7) is 0. The van der Waals surface area contributed by atoms with Gasteiger partial charge in [0.15, 0.2) is 0 Å². The smallest absolute Gasteiger partial charge is 0.291 e. The van der Waals surface area contributed by atoms with Gasteiger partial charge >= 0.3 is 0 Å². The second kappa shape index (κ2) is 7.62. The minimum absolute atomic E-state index is 0.0798. The zero-order chi connectivity index (χ0) is 20.5. The van der Waals surface area contributed by atoms with E-state index in [1.54, 1.807) is 30.3 Å². The first-order valence-electron chi connectivity index (χ1n) is 8.53. The zero-order valence-electron chi connectivity index (χ0n) is 14.8. The maximum absolute atomic E-state index is 12.6. The number of furan rings is 1. The van der Waals surface area contributed by atoms with Gasteiger partial charge in [-0.25, -0.2) is 0 Å². The number of rotatable bonds is 3. The number of phenolic OH excluding ortho intramolecular Hbond substituents is 2. The Hall–Kier alpha value is -3.29. The summed E-state index contributed by atoms with van der Waals surface area (Å²) in [5.41, 5.74) is 1.96. The molecule has 0 bridgehead atoms. The molecular weight excluding hydrogens is 408 g/mol. The lowest BCUT2D eigenvalue weighted by Gasteiger charge is -2.00. The average molecular weight is 422 g/mol. The van der Waals surface area contributed by atoms with Gasteiger partial charge in [0.25, 0.3) is 5.95 Å². The molecule has 5 nitrogen and oxygen atoms in total. The topological polar surface area (TPSA) is 90.9 Å². The van der Waals surface area contributed by atoms with Crippen LogP contribution in [0.3, 0.4) is 0 Å². The monoisotopic (exact) mass is 422 g/mol. The molecule has 3 N–H and O–H groups in total. The predicted molar refractivity (Wildman–Crippen MR) is 114 cm³/mol. The summed E-state index contributed by atoms with van der Waals surface area (Å²) in [6.07, 6.45) is 0. The highest BCUT2D eigenvalue weighted by Crippen LogP contribution is 2.40. The van der Waals surface area contributed by atoms with Crippen molar-refractivity contribution >= 4 is 40.1 Å². The van der Waals surface area contributed by atoms with Gasteiger partial charge in [-0.05, 0) is 71.9 Å². The van der Waals surface area contributed by atoms with Gasteiger partial charge in [0.2, 0.25) is 5.12 Å². The number of hydrogen-bond donors (Lipinski definition) is 3. The van der Waals surface area contributed by atoms with E-state index in [1.807, 2.05) is 0 Å². The number of thioether (sulfide) groups is 1. The van der Waals surface area contributed by atoms with Crippen LogP contribution >= 0.6 is 24.0 Å². The quantitative estimate of drug-likeness (QED) is 0.281. The van der Waals surface area contributed by atoms with Crippen molar-refractivity contribution in [3.63, 3.8) is 0 Å². The normalized spacial score (nSPS) is 10.9. The molecule has 0 aliphatic rings. The molecular formula is C22H14O5S2. The van der Waals surface area contributed by atoms with Gasteiger partial charge in [-0.15, -0.1) is 0 Å². The number of hydrogen-bond acceptors (Lipinski definition) is 7. The molecule has 1 aromatic heterocycles. The van der Waals surface area contributed by atoms with Crippen LogP contribution in [0.25, 0.3) is 22.1 Å². The van der Waals surface area contributed by atoms with Gasteiger partial charge in [-0.2, -0.15) is 0 Å². The summed E-state index contributed by atoms with van der Waals surface area (Å²) in [4.78, 5) is 13.1. The zero-order valence-corrected chi connectivity index (χ0v) is 16.5. The second-order valence-corrected chi connectivity index (χ2v) is 7.70. The molecule has 3 aromatic carbocycles. The second-order valence-electron chi connectivity index (χ2n) is 6.25. The lowest BCUT2D eigenvalue weighted by atomic mass is 10.1. The Balaban J connectivity index is 1.78. The molecule has 0 saturated carbocycles. The SMILES string of the molecule is O=C(Sc1cc2oc(O)c(-c3ccc(O)cc3)c2ccc1=S)c1ccc(O)cc1. The molecule has 0 fully saturated rings. The number of benzene rings is 2. The molecule has 0 spiro atoms. The van der Waals surface area contributed by atoms with Crippen LogP contribution in [-0.4, -0.2) is 20.4 Å². The molecule has 7 heteroatoms. The molecule has 4 aromatic rings. The van der Waals surface area contributed by atoms with Crippen molar-refractivity contribution in [3.8, 4) is 28.6 Å². The van der Waals surface area contributed by atoms with Gasteiger partial charge in [0, 0.05) is 15.8 Å². The van der Waals surface area contributed by atoms with Crippen molar-refractivity contribution in [2.75, 3.05) is 0 Å². The van der Waals surface area contributed by atoms with E-state index in [1.165, 1.54) is 36.4 Å². The van der Waals surface area contributed by atoms with Gasteiger partial charge < -0.3 is 19.7 Å². The van der Waals surface area contributed by atoms with Crippen molar-refractivity contribution in [3.05, 3.63) is 76.8 Å². The molecule has 0 radical (unpaired) electrons. The van der Waals surface area contributed by atoms with Crippen molar-refractivity contribution in [2.45, 2.75) is 4.90 Å². The molecule has 0 saturated heterocycles. The fraction of sp³-hybridized carbons (Fsp3) is 0. The van der Waals surface area contributed by atoms with Crippen molar-refractivity contribution in [1.82, 2.24) is 0 Å². The third kappa shape index (κ3) is 3.83. The molecule has 4 rings (SSSR count). The van der Waals surface area contributed by atoms with E-state index in [2.05, 4.69) is 0 Å². The van der Waals surface area contributed by atoms with Crippen LogP contribution in [0.1, 0.15) is 10.4 Å². The third-order valence-electron chi connectivity index (χ3n) is 4.32. The Morgan fingerprint density at radius 3 is 2.14 bits per heavy atom. The number of carbonyl (C=O) groups is 1. The Morgan fingerprint density at radius 2 is 1.48 bits per heavy atom. The Kier molecular flexibility index (Phi) is 5.00. The van der Waals surface area contributed by atoms with Crippen LogP contribution in [0.2, 0.25) is 0 Å². The minimum Gasteiger partial charge on any atom is -0.508 e. The standard InChI is InChI=1S/C22H14O5S2/c23-14-5-1-12(2-6-14)20-16-9-10-18(28)19(11-17(16)27-21(20)25)29-22(26)13-3-7-15(24)8-4-13/h1-11,23-25H. The van der Waals surface area contributed by atoms with Crippen LogP contribution in [-0.2, 0) is 0 Å². The van der Waals surface area contributed by atoms with E-state index < -0.39 is 0 Å². The van der Waals surface area contributed by atoms with E-state index in [0.29, 0.717) is 37.1 Å². The van der Waals surface area contributed by atoms with Crippen LogP contribution in [0, 0.1) is 4.51 Å². The Labute approximate surface area is 174 Å². The first-order valence-corrected chi connectivity index (χ1v) is 9.75. The molecule has 0 aliphatic heterocycles. The lowest BCUT2D eigenvalue weighted by molar-refractivity contribution is 0.108. The fourth-order valence-electron chi connectivity index (χ4n) is 2.90. The van der Waals surface area contributed by atoms with E-state index in [4.69, 9.17) is 16.6 Å². The molecule has 0 atom stereocenters. The summed E-state index contributed by atoms with van der Waals surface area (Å²) >= 11 is 6.37. The molecule has 144 valence electrons. The Morgan fingerprint density at radius 1 is 0.862 bits per heavy atom. The van der Waals surface area contributed by atoms with Gasteiger partial charge in [-0.3, -0.25) is 4.79 Å². The average Bonchev–Trinajstić information content (AvgIpc) is 2.93. The highest BCUT2D eigenvalue weighted by molar-refractivity contribution is 8.14. The highest BCUT2D eigenvalue weighted by Gasteiger charge is 2.17. The highest BCUT2D eigenvalue weighted by atomic mass is 32.2. The molecule has 0 amide bonds. The van der Waals surface area contributed by atoms with E-state index in [-0.39, 0.29) is 22.6 Å². The summed E-state index contributed by atoms with van der Waals surface area (Å²) in [5, 5.41) is 29.6. The van der Waals surface area contributed by atoms with Crippen molar-refractivity contribution in [2.24, 2.45) is 0 Å². The summed E-state index contributed by atoms with van der Waals surface area (Å²) in [7, 11) is 0. The van der Waals surface area contributed by atoms with Gasteiger partial charge in [-0.1, -0.05) is 24.4 Å². The maximum Gasteiger partial charge on any atom is 0.291 e. The minimum atomic E-state index is -0.261. The maximum atomic E-state index is 12.6. The molecule has 29 heavy (non-hydrogen) atoms. The fourth-order valence-corrected chi connectivity index (χ4v) is 3.94. The van der Waals surface area contributed by atoms with Crippen molar-refractivity contribution < 1.29 is 24.5 Å². The first kappa shape index (κ1) is 19.0. The molecule has 1 heterocycles. The van der Waals surface area contributed by atoms with E-state index >= 15 is 0 Å². The van der Waals surface area contributed by atoms with E-state index in [9.17, 15) is 20.1 Å². The van der Waals surface area contributed by atoms with E-state index in [0.717, 1.165) is 11.8 Å². The number of aromatic hydroxyl groups is 3. The van der Waals surface area contributed by atoms with Crippen LogP contribution in [0.4, 0.5) is 0 Å². The summed E-state index contributed by atoms with van der Waals surface area (Å²) in [5.74, 6) is -0.0642. The summed E-state index contributed by atoms with van der Waals surface area (Å²) < 4.78 is 5.99. The lowest BCUT2D eigenvalue weighted by Crippen LogP contribution is -1.92. The third-order valence-corrected chi connectivity index (χ3v) is 5.79. The predicted octanol–water partition coefficient (Wildman–Crippen LogP) is 5.88. The van der Waals surface area contributed by atoms with Gasteiger partial charge in [0.1, 0.15) is 17.1 Å². The number of phenols is 2. The van der Waals surface area contributed by atoms with Crippen LogP contribution < -0.4 is 0 Å². The van der Waals surface area contributed by atoms with Crippen molar-refractivity contribution in [1.29, 1.82) is 0 Å².